The van der Waals surface area contributed by atoms with Gasteiger partial charge in [0.05, 0.1) is 19.8 Å². The summed E-state index contributed by atoms with van der Waals surface area (Å²) < 4.78 is 15.7. The summed E-state index contributed by atoms with van der Waals surface area (Å²) in [6.07, 6.45) is 2.31. The fourth-order valence-electron chi connectivity index (χ4n) is 1.82. The molecule has 1 N–H and O–H groups in total. The van der Waals surface area contributed by atoms with Gasteiger partial charge in [0, 0.05) is 33.4 Å². The van der Waals surface area contributed by atoms with Crippen molar-refractivity contribution in [1.82, 2.24) is 5.32 Å². The van der Waals surface area contributed by atoms with Crippen LogP contribution in [0.15, 0.2) is 0 Å². The van der Waals surface area contributed by atoms with Crippen LogP contribution < -0.4 is 5.32 Å². The molecule has 4 heteroatoms. The van der Waals surface area contributed by atoms with Crippen molar-refractivity contribution in [2.45, 2.75) is 19.8 Å². The van der Waals surface area contributed by atoms with Gasteiger partial charge in [0.25, 0.3) is 0 Å². The molecule has 1 heterocycles. The van der Waals surface area contributed by atoms with Crippen LogP contribution in [-0.4, -0.2) is 53.2 Å². The molecule has 1 aliphatic rings. The first-order valence-electron chi connectivity index (χ1n) is 6.12. The van der Waals surface area contributed by atoms with Gasteiger partial charge in [-0.1, -0.05) is 6.92 Å². The van der Waals surface area contributed by atoms with Crippen molar-refractivity contribution in [2.75, 3.05) is 53.2 Å². The molecule has 0 radical (unpaired) electrons. The molecule has 1 saturated heterocycles. The van der Waals surface area contributed by atoms with Crippen LogP contribution in [0.3, 0.4) is 0 Å². The molecule has 0 atom stereocenters. The maximum atomic E-state index is 5.38. The van der Waals surface area contributed by atoms with E-state index in [0.717, 1.165) is 45.8 Å². The molecule has 0 aromatic heterocycles. The van der Waals surface area contributed by atoms with Crippen LogP contribution in [0.4, 0.5) is 0 Å². The van der Waals surface area contributed by atoms with E-state index in [4.69, 9.17) is 14.2 Å². The Balaban J connectivity index is 1.93. The van der Waals surface area contributed by atoms with Gasteiger partial charge in [-0.15, -0.1) is 0 Å². The van der Waals surface area contributed by atoms with Crippen LogP contribution in [0.1, 0.15) is 19.8 Å². The average molecular weight is 231 g/mol. The highest BCUT2D eigenvalue weighted by Crippen LogP contribution is 2.28. The van der Waals surface area contributed by atoms with Gasteiger partial charge in [-0.05, 0) is 18.3 Å². The standard InChI is InChI=1S/C12H25NO3/c1-12(3-6-15-7-4-12)11-13-5-8-16-10-9-14-2/h13H,3-11H2,1-2H3. The SMILES string of the molecule is COCCOCCNCC1(C)CCOCC1. The normalized spacial score (nSPS) is 19.9. The Labute approximate surface area is 98.6 Å². The maximum absolute atomic E-state index is 5.38. The van der Waals surface area contributed by atoms with Crippen LogP contribution in [0.25, 0.3) is 0 Å². The molecular formula is C12H25NO3. The lowest BCUT2D eigenvalue weighted by Gasteiger charge is -2.33. The zero-order valence-corrected chi connectivity index (χ0v) is 10.6. The van der Waals surface area contributed by atoms with Crippen LogP contribution in [0.2, 0.25) is 0 Å². The molecule has 1 fully saturated rings. The third-order valence-corrected chi connectivity index (χ3v) is 3.11. The highest BCUT2D eigenvalue weighted by Gasteiger charge is 2.26. The van der Waals surface area contributed by atoms with Gasteiger partial charge >= 0.3 is 0 Å². The number of hydrogen-bond donors (Lipinski definition) is 1. The molecule has 0 aromatic carbocycles. The summed E-state index contributed by atoms with van der Waals surface area (Å²) >= 11 is 0. The molecule has 16 heavy (non-hydrogen) atoms. The average Bonchev–Trinajstić information content (AvgIpc) is 2.29. The van der Waals surface area contributed by atoms with Gasteiger partial charge in [0.15, 0.2) is 0 Å². The van der Waals surface area contributed by atoms with E-state index in [0.29, 0.717) is 18.6 Å². The molecule has 0 aliphatic carbocycles. The summed E-state index contributed by atoms with van der Waals surface area (Å²) in [4.78, 5) is 0. The second-order valence-electron chi connectivity index (χ2n) is 4.70. The van der Waals surface area contributed by atoms with Crippen molar-refractivity contribution in [2.24, 2.45) is 5.41 Å². The highest BCUT2D eigenvalue weighted by atomic mass is 16.5. The Kier molecular flexibility index (Phi) is 6.96. The maximum Gasteiger partial charge on any atom is 0.0700 e. The molecule has 0 saturated carbocycles. The predicted octanol–water partition coefficient (Wildman–Crippen LogP) is 1.06. The zero-order chi connectivity index (χ0) is 11.7. The molecule has 1 rings (SSSR count). The quantitative estimate of drug-likeness (QED) is 0.634. The van der Waals surface area contributed by atoms with Crippen LogP contribution in [-0.2, 0) is 14.2 Å². The Morgan fingerprint density at radius 3 is 2.62 bits per heavy atom. The summed E-state index contributed by atoms with van der Waals surface area (Å²) in [5.74, 6) is 0. The third-order valence-electron chi connectivity index (χ3n) is 3.11. The van der Waals surface area contributed by atoms with E-state index in [1.165, 1.54) is 0 Å². The first kappa shape index (κ1) is 13.9. The first-order valence-corrected chi connectivity index (χ1v) is 6.12. The fraction of sp³-hybridized carbons (Fsp3) is 1.00. The predicted molar refractivity (Wildman–Crippen MR) is 63.7 cm³/mol. The summed E-state index contributed by atoms with van der Waals surface area (Å²) in [5.41, 5.74) is 0.408. The first-order chi connectivity index (χ1) is 7.77. The third kappa shape index (κ3) is 5.80. The molecule has 0 bridgehead atoms. The lowest BCUT2D eigenvalue weighted by Crippen LogP contribution is -2.38. The van der Waals surface area contributed by atoms with Crippen molar-refractivity contribution >= 4 is 0 Å². The van der Waals surface area contributed by atoms with Gasteiger partial charge < -0.3 is 19.5 Å². The number of hydrogen-bond acceptors (Lipinski definition) is 4. The van der Waals surface area contributed by atoms with Crippen molar-refractivity contribution < 1.29 is 14.2 Å². The topological polar surface area (TPSA) is 39.7 Å². The summed E-state index contributed by atoms with van der Waals surface area (Å²) in [6.45, 7) is 8.23. The summed E-state index contributed by atoms with van der Waals surface area (Å²) in [5, 5.41) is 3.45. The molecule has 0 amide bonds. The summed E-state index contributed by atoms with van der Waals surface area (Å²) in [7, 11) is 1.69. The van der Waals surface area contributed by atoms with Crippen LogP contribution >= 0.6 is 0 Å². The molecule has 0 unspecified atom stereocenters. The molecular weight excluding hydrogens is 206 g/mol. The monoisotopic (exact) mass is 231 g/mol. The Morgan fingerprint density at radius 2 is 1.94 bits per heavy atom. The van der Waals surface area contributed by atoms with Gasteiger partial charge in [-0.2, -0.15) is 0 Å². The number of methoxy groups -OCH3 is 1. The minimum atomic E-state index is 0.408. The molecule has 0 aromatic rings. The molecule has 4 nitrogen and oxygen atoms in total. The van der Waals surface area contributed by atoms with Gasteiger partial charge in [-0.25, -0.2) is 0 Å². The molecule has 0 spiro atoms. The number of ether oxygens (including phenoxy) is 3. The summed E-state index contributed by atoms with van der Waals surface area (Å²) in [6, 6.07) is 0. The molecule has 96 valence electrons. The number of rotatable bonds is 8. The smallest absolute Gasteiger partial charge is 0.0700 e. The second kappa shape index (κ2) is 8.01. The Morgan fingerprint density at radius 1 is 1.19 bits per heavy atom. The van der Waals surface area contributed by atoms with E-state index >= 15 is 0 Å². The Bertz CT molecular complexity index is 170. The minimum Gasteiger partial charge on any atom is -0.382 e. The van der Waals surface area contributed by atoms with E-state index in [-0.39, 0.29) is 0 Å². The van der Waals surface area contributed by atoms with E-state index in [2.05, 4.69) is 12.2 Å². The second-order valence-corrected chi connectivity index (χ2v) is 4.70. The van der Waals surface area contributed by atoms with Crippen molar-refractivity contribution in [3.8, 4) is 0 Å². The molecule has 1 aliphatic heterocycles. The van der Waals surface area contributed by atoms with E-state index < -0.39 is 0 Å². The lowest BCUT2D eigenvalue weighted by atomic mass is 9.82. The van der Waals surface area contributed by atoms with E-state index in [1.54, 1.807) is 7.11 Å². The van der Waals surface area contributed by atoms with Gasteiger partial charge in [0.1, 0.15) is 0 Å². The van der Waals surface area contributed by atoms with Crippen molar-refractivity contribution in [1.29, 1.82) is 0 Å². The van der Waals surface area contributed by atoms with E-state index in [9.17, 15) is 0 Å². The number of nitrogens with one attached hydrogen (secondary N) is 1. The Hall–Kier alpha value is -0.160. The van der Waals surface area contributed by atoms with Gasteiger partial charge in [0.2, 0.25) is 0 Å². The zero-order valence-electron chi connectivity index (χ0n) is 10.6. The lowest BCUT2D eigenvalue weighted by molar-refractivity contribution is 0.0223. The van der Waals surface area contributed by atoms with E-state index in [1.807, 2.05) is 0 Å². The van der Waals surface area contributed by atoms with Gasteiger partial charge in [-0.3, -0.25) is 0 Å². The minimum absolute atomic E-state index is 0.408. The highest BCUT2D eigenvalue weighted by molar-refractivity contribution is 4.79. The van der Waals surface area contributed by atoms with Crippen molar-refractivity contribution in [3.05, 3.63) is 0 Å². The van der Waals surface area contributed by atoms with Crippen LogP contribution in [0, 0.1) is 5.41 Å². The fourth-order valence-corrected chi connectivity index (χ4v) is 1.82. The largest absolute Gasteiger partial charge is 0.382 e. The van der Waals surface area contributed by atoms with Crippen LogP contribution in [0.5, 0.6) is 0 Å². The van der Waals surface area contributed by atoms with Crippen molar-refractivity contribution in [3.63, 3.8) is 0 Å².